The average Bonchev–Trinajstić information content (AvgIpc) is 3.18. The van der Waals surface area contributed by atoms with Gasteiger partial charge in [0.1, 0.15) is 11.9 Å². The molecule has 0 saturated carbocycles. The number of aromatic nitrogens is 3. The summed E-state index contributed by atoms with van der Waals surface area (Å²) in [7, 11) is 2.12. The molecule has 0 unspecified atom stereocenters. The minimum absolute atomic E-state index is 0.0971. The largest absolute Gasteiger partial charge is 0.481 e. The van der Waals surface area contributed by atoms with Crippen molar-refractivity contribution in [2.24, 2.45) is 4.99 Å². The number of aliphatic imine (C=N–C) groups is 1. The first-order valence-corrected chi connectivity index (χ1v) is 12.8. The summed E-state index contributed by atoms with van der Waals surface area (Å²) in [4.78, 5) is 18.6. The molecule has 1 saturated heterocycles. The van der Waals surface area contributed by atoms with Crippen molar-refractivity contribution in [1.82, 2.24) is 19.7 Å². The highest BCUT2D eigenvalue weighted by Crippen LogP contribution is 2.38. The maximum absolute atomic E-state index is 15.0. The number of likely N-dealkylation sites (tertiary alicyclic amines) is 1. The minimum atomic E-state index is -0.926. The van der Waals surface area contributed by atoms with Gasteiger partial charge in [-0.3, -0.25) is 14.4 Å². The number of halogens is 2. The Hall–Kier alpha value is -2.75. The number of nitrogens with zero attached hydrogens (tertiary/aromatic N) is 5. The van der Waals surface area contributed by atoms with Crippen molar-refractivity contribution in [3.63, 3.8) is 0 Å². The van der Waals surface area contributed by atoms with Crippen molar-refractivity contribution in [3.05, 3.63) is 70.3 Å². The number of aliphatic carboxylic acids is 1. The number of piperidine rings is 1. The minimum Gasteiger partial charge on any atom is -0.481 e. The molecule has 182 valence electrons. The first-order valence-electron chi connectivity index (χ1n) is 11.6. The summed E-state index contributed by atoms with van der Waals surface area (Å²) in [6, 6.07) is 11.3. The Morgan fingerprint density at radius 1 is 1.17 bits per heavy atom. The van der Waals surface area contributed by atoms with Gasteiger partial charge < -0.3 is 10.0 Å². The van der Waals surface area contributed by atoms with E-state index in [-0.39, 0.29) is 12.8 Å². The van der Waals surface area contributed by atoms with E-state index in [1.807, 2.05) is 10.6 Å². The number of fused-ring (bicyclic) bond motifs is 3. The van der Waals surface area contributed by atoms with Crippen molar-refractivity contribution in [3.8, 4) is 5.69 Å². The summed E-state index contributed by atoms with van der Waals surface area (Å²) in [6.45, 7) is 2.04. The molecule has 3 aromatic rings. The summed E-state index contributed by atoms with van der Waals surface area (Å²) < 4.78 is 16.9. The Bertz CT molecular complexity index is 1290. The van der Waals surface area contributed by atoms with Gasteiger partial charge in [-0.1, -0.05) is 35.5 Å². The number of thioether (sulfide) groups is 1. The average molecular weight is 514 g/mol. The Balaban J connectivity index is 1.66. The molecule has 1 fully saturated rings. The van der Waals surface area contributed by atoms with Gasteiger partial charge in [-0.15, -0.1) is 10.2 Å². The van der Waals surface area contributed by atoms with Gasteiger partial charge in [0.05, 0.1) is 11.4 Å². The van der Waals surface area contributed by atoms with Crippen LogP contribution in [0.25, 0.3) is 5.69 Å². The van der Waals surface area contributed by atoms with Gasteiger partial charge in [-0.2, -0.15) is 0 Å². The van der Waals surface area contributed by atoms with Gasteiger partial charge in [0.2, 0.25) is 0 Å². The summed E-state index contributed by atoms with van der Waals surface area (Å²) in [5.74, 6) is -0.784. The molecule has 2 aromatic carbocycles. The molecule has 0 aliphatic carbocycles. The third-order valence-corrected chi connectivity index (χ3v) is 7.91. The van der Waals surface area contributed by atoms with E-state index in [2.05, 4.69) is 22.1 Å². The van der Waals surface area contributed by atoms with Crippen molar-refractivity contribution in [1.29, 1.82) is 0 Å². The van der Waals surface area contributed by atoms with Crippen LogP contribution in [0, 0.1) is 5.82 Å². The summed E-state index contributed by atoms with van der Waals surface area (Å²) in [5, 5.41) is 20.0. The van der Waals surface area contributed by atoms with E-state index < -0.39 is 17.8 Å². The van der Waals surface area contributed by atoms with Crippen molar-refractivity contribution in [2.45, 2.75) is 42.1 Å². The van der Waals surface area contributed by atoms with Crippen molar-refractivity contribution >= 4 is 35.0 Å². The number of hydrogen-bond acceptors (Lipinski definition) is 6. The SMILES string of the molecule is CN1CCC(Sc2nnc3n2-c2ccc(Cl)cc2C(c2ccccc2F)=N[C@H]3CCC(=O)O)CC1. The third-order valence-electron chi connectivity index (χ3n) is 6.39. The molecule has 0 amide bonds. The van der Waals surface area contributed by atoms with Gasteiger partial charge in [0.25, 0.3) is 0 Å². The second-order valence-corrected chi connectivity index (χ2v) is 10.6. The van der Waals surface area contributed by atoms with Crippen LogP contribution in [0.2, 0.25) is 5.02 Å². The molecule has 1 aromatic heterocycles. The molecule has 1 N–H and O–H groups in total. The number of hydrogen-bond donors (Lipinski definition) is 1. The number of carbonyl (C=O) groups is 1. The Labute approximate surface area is 212 Å². The van der Waals surface area contributed by atoms with E-state index in [9.17, 15) is 14.3 Å². The van der Waals surface area contributed by atoms with Crippen molar-refractivity contribution < 1.29 is 14.3 Å². The highest BCUT2D eigenvalue weighted by atomic mass is 35.5. The maximum atomic E-state index is 15.0. The van der Waals surface area contributed by atoms with E-state index in [0.717, 1.165) is 36.8 Å². The van der Waals surface area contributed by atoms with E-state index in [1.54, 1.807) is 42.1 Å². The topological polar surface area (TPSA) is 83.6 Å². The van der Waals surface area contributed by atoms with Crippen LogP contribution in [0.15, 0.2) is 52.6 Å². The van der Waals surface area contributed by atoms with E-state index in [0.29, 0.717) is 32.9 Å². The summed E-state index contributed by atoms with van der Waals surface area (Å²) >= 11 is 8.07. The van der Waals surface area contributed by atoms with E-state index in [1.165, 1.54) is 6.07 Å². The van der Waals surface area contributed by atoms with Gasteiger partial charge in [0, 0.05) is 27.8 Å². The second-order valence-electron chi connectivity index (χ2n) is 8.86. The first-order chi connectivity index (χ1) is 16.9. The number of benzene rings is 2. The molecule has 3 heterocycles. The number of carboxylic acids is 1. The second kappa shape index (κ2) is 10.1. The lowest BCUT2D eigenvalue weighted by Crippen LogP contribution is -2.31. The maximum Gasteiger partial charge on any atom is 0.303 e. The van der Waals surface area contributed by atoms with Crippen LogP contribution in [0.3, 0.4) is 0 Å². The van der Waals surface area contributed by atoms with Crippen LogP contribution >= 0.6 is 23.4 Å². The zero-order chi connectivity index (χ0) is 24.5. The Morgan fingerprint density at radius 3 is 2.69 bits per heavy atom. The molecular formula is C25H25ClFN5O2S. The summed E-state index contributed by atoms with van der Waals surface area (Å²) in [6.07, 6.45) is 2.19. The van der Waals surface area contributed by atoms with Gasteiger partial charge in [-0.25, -0.2) is 4.39 Å². The van der Waals surface area contributed by atoms with Crippen LogP contribution in [-0.4, -0.2) is 61.8 Å². The van der Waals surface area contributed by atoms with Crippen molar-refractivity contribution in [2.75, 3.05) is 20.1 Å². The molecule has 5 rings (SSSR count). The zero-order valence-corrected chi connectivity index (χ0v) is 20.8. The first kappa shape index (κ1) is 24.0. The Morgan fingerprint density at radius 2 is 1.94 bits per heavy atom. The number of carboxylic acid groups (broad SMARTS) is 1. The molecule has 1 atom stereocenters. The standard InChI is InChI=1S/C25H25ClFN5O2S/c1-31-12-10-16(11-13-31)35-25-30-29-24-20(7-9-22(33)34)28-23(17-4-2-3-5-19(17)27)18-14-15(26)6-8-21(18)32(24)25/h2-6,8,14,16,20H,7,9-13H2,1H3,(H,33,34)/t20-/m0/s1. The normalized spacial score (nSPS) is 18.5. The van der Waals surface area contributed by atoms with Gasteiger partial charge >= 0.3 is 5.97 Å². The molecule has 10 heteroatoms. The zero-order valence-electron chi connectivity index (χ0n) is 19.2. The summed E-state index contributed by atoms with van der Waals surface area (Å²) in [5.41, 5.74) is 2.17. The fourth-order valence-corrected chi connectivity index (χ4v) is 5.85. The van der Waals surface area contributed by atoms with E-state index >= 15 is 0 Å². The molecule has 2 aliphatic heterocycles. The van der Waals surface area contributed by atoms with Crippen LogP contribution in [-0.2, 0) is 4.79 Å². The quantitative estimate of drug-likeness (QED) is 0.499. The van der Waals surface area contributed by atoms with Gasteiger partial charge in [0.15, 0.2) is 11.0 Å². The van der Waals surface area contributed by atoms with Crippen LogP contribution < -0.4 is 0 Å². The molecule has 0 radical (unpaired) electrons. The number of rotatable bonds is 6. The van der Waals surface area contributed by atoms with Crippen LogP contribution in [0.1, 0.15) is 48.7 Å². The third kappa shape index (κ3) is 4.98. The fourth-order valence-electron chi connectivity index (χ4n) is 4.55. The lowest BCUT2D eigenvalue weighted by Gasteiger charge is -2.28. The highest BCUT2D eigenvalue weighted by molar-refractivity contribution is 7.99. The van der Waals surface area contributed by atoms with Gasteiger partial charge in [-0.05, 0) is 69.7 Å². The smallest absolute Gasteiger partial charge is 0.303 e. The molecule has 0 spiro atoms. The molecule has 2 aliphatic rings. The monoisotopic (exact) mass is 513 g/mol. The molecule has 35 heavy (non-hydrogen) atoms. The van der Waals surface area contributed by atoms with E-state index in [4.69, 9.17) is 16.6 Å². The lowest BCUT2D eigenvalue weighted by molar-refractivity contribution is -0.137. The van der Waals surface area contributed by atoms with Crippen LogP contribution in [0.5, 0.6) is 0 Å². The van der Waals surface area contributed by atoms with Crippen LogP contribution in [0.4, 0.5) is 4.39 Å². The predicted molar refractivity (Wildman–Crippen MR) is 134 cm³/mol. The Kier molecular flexibility index (Phi) is 6.91. The molecule has 0 bridgehead atoms. The lowest BCUT2D eigenvalue weighted by atomic mass is 10.00. The molecule has 7 nitrogen and oxygen atoms in total. The predicted octanol–water partition coefficient (Wildman–Crippen LogP) is 5.00. The fraction of sp³-hybridized carbons (Fsp3) is 0.360. The molecular weight excluding hydrogens is 489 g/mol. The highest BCUT2D eigenvalue weighted by Gasteiger charge is 2.31.